The fraction of sp³-hybridized carbons (Fsp3) is 0.778. The molecule has 0 heterocycles. The largest absolute Gasteiger partial charge is 0.514 e. The lowest BCUT2D eigenvalue weighted by molar-refractivity contribution is 0.299. The normalized spacial score (nSPS) is 11.2. The van der Waals surface area contributed by atoms with Gasteiger partial charge in [-0.1, -0.05) is 13.8 Å². The van der Waals surface area contributed by atoms with Crippen LogP contribution in [-0.2, 0) is 0 Å². The van der Waals surface area contributed by atoms with Crippen molar-refractivity contribution in [2.45, 2.75) is 20.3 Å². The van der Waals surface area contributed by atoms with Crippen molar-refractivity contribution < 1.29 is 5.11 Å². The Balaban J connectivity index is 3.17. The van der Waals surface area contributed by atoms with Crippen molar-refractivity contribution in [2.24, 2.45) is 0 Å². The molecule has 0 aromatic rings. The van der Waals surface area contributed by atoms with E-state index in [1.807, 2.05) is 0 Å². The topological polar surface area (TPSA) is 35.5 Å². The maximum atomic E-state index is 8.31. The van der Waals surface area contributed by atoms with Crippen LogP contribution < -0.4 is 5.32 Å². The van der Waals surface area contributed by atoms with Crippen molar-refractivity contribution in [2.75, 3.05) is 26.2 Å². The van der Waals surface area contributed by atoms with Crippen LogP contribution in [0.2, 0.25) is 0 Å². The maximum Gasteiger partial charge on any atom is 0.0948 e. The smallest absolute Gasteiger partial charge is 0.0948 e. The number of hydrogen-bond acceptors (Lipinski definition) is 3. The molecule has 0 aromatic carbocycles. The molecule has 0 amide bonds. The van der Waals surface area contributed by atoms with E-state index < -0.39 is 0 Å². The molecule has 0 bridgehead atoms. The summed E-state index contributed by atoms with van der Waals surface area (Å²) in [7, 11) is 0. The van der Waals surface area contributed by atoms with E-state index >= 15 is 0 Å². The van der Waals surface area contributed by atoms with Crippen LogP contribution in [0.25, 0.3) is 0 Å². The minimum absolute atomic E-state index is 0.924. The van der Waals surface area contributed by atoms with Gasteiger partial charge in [0.25, 0.3) is 0 Å². The second-order valence-corrected chi connectivity index (χ2v) is 2.65. The van der Waals surface area contributed by atoms with Gasteiger partial charge >= 0.3 is 0 Å². The molecule has 3 nitrogen and oxygen atoms in total. The molecule has 0 rings (SSSR count). The third-order valence-corrected chi connectivity index (χ3v) is 1.88. The van der Waals surface area contributed by atoms with Crippen molar-refractivity contribution in [1.82, 2.24) is 10.2 Å². The number of nitrogens with one attached hydrogen (secondary N) is 1. The first kappa shape index (κ1) is 11.3. The van der Waals surface area contributed by atoms with Crippen molar-refractivity contribution in [1.29, 1.82) is 0 Å². The Morgan fingerprint density at radius 1 is 1.33 bits per heavy atom. The molecule has 2 N–H and O–H groups in total. The van der Waals surface area contributed by atoms with Crippen molar-refractivity contribution in [3.63, 3.8) is 0 Å². The SMILES string of the molecule is CCN(CC)CCCN/C=C/O. The molecule has 3 heteroatoms. The molecule has 0 aliphatic rings. The van der Waals surface area contributed by atoms with Crippen LogP contribution in [0.15, 0.2) is 12.5 Å². The van der Waals surface area contributed by atoms with E-state index in [0.717, 1.165) is 38.9 Å². The summed E-state index contributed by atoms with van der Waals surface area (Å²) in [5.74, 6) is 0. The lowest BCUT2D eigenvalue weighted by Crippen LogP contribution is -2.26. The van der Waals surface area contributed by atoms with Gasteiger partial charge in [-0.25, -0.2) is 0 Å². The molecule has 0 saturated heterocycles. The van der Waals surface area contributed by atoms with Crippen molar-refractivity contribution in [3.8, 4) is 0 Å². The third kappa shape index (κ3) is 6.04. The summed E-state index contributed by atoms with van der Waals surface area (Å²) in [4.78, 5) is 2.38. The summed E-state index contributed by atoms with van der Waals surface area (Å²) >= 11 is 0. The zero-order valence-corrected chi connectivity index (χ0v) is 8.08. The molecule has 0 atom stereocenters. The molecule has 0 aliphatic heterocycles. The Hall–Kier alpha value is -0.700. The Bertz CT molecular complexity index is 111. The van der Waals surface area contributed by atoms with Gasteiger partial charge in [0.2, 0.25) is 0 Å². The van der Waals surface area contributed by atoms with Crippen LogP contribution in [0.4, 0.5) is 0 Å². The van der Waals surface area contributed by atoms with E-state index in [4.69, 9.17) is 5.11 Å². The third-order valence-electron chi connectivity index (χ3n) is 1.88. The van der Waals surface area contributed by atoms with Gasteiger partial charge in [0, 0.05) is 12.7 Å². The predicted molar refractivity (Wildman–Crippen MR) is 52.2 cm³/mol. The van der Waals surface area contributed by atoms with Crippen molar-refractivity contribution >= 4 is 0 Å². The Morgan fingerprint density at radius 2 is 2.00 bits per heavy atom. The molecule has 0 aliphatic carbocycles. The van der Waals surface area contributed by atoms with Crippen LogP contribution in [0.5, 0.6) is 0 Å². The zero-order chi connectivity index (χ0) is 9.23. The number of aliphatic hydroxyl groups is 1. The molecule has 0 aromatic heterocycles. The van der Waals surface area contributed by atoms with Gasteiger partial charge < -0.3 is 15.3 Å². The maximum absolute atomic E-state index is 8.31. The molecular formula is C9H20N2O. The van der Waals surface area contributed by atoms with Gasteiger partial charge in [0.15, 0.2) is 0 Å². The Labute approximate surface area is 75.1 Å². The summed E-state index contributed by atoms with van der Waals surface area (Å²) in [6.45, 7) is 8.63. The van der Waals surface area contributed by atoms with Gasteiger partial charge in [-0.3, -0.25) is 0 Å². The van der Waals surface area contributed by atoms with E-state index in [-0.39, 0.29) is 0 Å². The van der Waals surface area contributed by atoms with Gasteiger partial charge in [-0.2, -0.15) is 0 Å². The fourth-order valence-corrected chi connectivity index (χ4v) is 1.08. The van der Waals surface area contributed by atoms with Crippen molar-refractivity contribution in [3.05, 3.63) is 12.5 Å². The minimum Gasteiger partial charge on any atom is -0.514 e. The first-order chi connectivity index (χ1) is 5.85. The molecule has 0 fully saturated rings. The summed E-state index contributed by atoms with van der Waals surface area (Å²) in [6, 6.07) is 0. The first-order valence-electron chi connectivity index (χ1n) is 4.60. The van der Waals surface area contributed by atoms with E-state index in [9.17, 15) is 0 Å². The number of nitrogens with zero attached hydrogens (tertiary/aromatic N) is 1. The molecule has 12 heavy (non-hydrogen) atoms. The van der Waals surface area contributed by atoms with E-state index in [1.54, 1.807) is 6.20 Å². The fourth-order valence-electron chi connectivity index (χ4n) is 1.08. The van der Waals surface area contributed by atoms with Crippen LogP contribution >= 0.6 is 0 Å². The molecular weight excluding hydrogens is 152 g/mol. The second kappa shape index (κ2) is 8.40. The quantitative estimate of drug-likeness (QED) is 0.449. The highest BCUT2D eigenvalue weighted by Gasteiger charge is 1.96. The molecule has 0 spiro atoms. The van der Waals surface area contributed by atoms with Gasteiger partial charge in [0.05, 0.1) is 6.26 Å². The lowest BCUT2D eigenvalue weighted by atomic mass is 10.3. The Kier molecular flexibility index (Phi) is 7.91. The molecule has 0 saturated carbocycles. The first-order valence-corrected chi connectivity index (χ1v) is 4.60. The van der Waals surface area contributed by atoms with E-state index in [0.29, 0.717) is 0 Å². The molecule has 0 radical (unpaired) electrons. The highest BCUT2D eigenvalue weighted by Crippen LogP contribution is 1.88. The molecule has 72 valence electrons. The Morgan fingerprint density at radius 3 is 2.50 bits per heavy atom. The summed E-state index contributed by atoms with van der Waals surface area (Å²) < 4.78 is 0. The van der Waals surface area contributed by atoms with Crippen LogP contribution in [0.3, 0.4) is 0 Å². The standard InChI is InChI=1S/C9H20N2O/c1-3-11(4-2)8-5-6-10-7-9-12/h7,9-10,12H,3-6,8H2,1-2H3/b9-7+. The van der Waals surface area contributed by atoms with Gasteiger partial charge in [-0.05, 0) is 26.1 Å². The lowest BCUT2D eigenvalue weighted by Gasteiger charge is -2.17. The second-order valence-electron chi connectivity index (χ2n) is 2.65. The van der Waals surface area contributed by atoms with Gasteiger partial charge in [0.1, 0.15) is 0 Å². The highest BCUT2D eigenvalue weighted by molar-refractivity contribution is 4.68. The molecule has 0 unspecified atom stereocenters. The number of aliphatic hydroxyl groups excluding tert-OH is 1. The summed E-state index contributed by atoms with van der Waals surface area (Å²) in [5.41, 5.74) is 0. The monoisotopic (exact) mass is 172 g/mol. The van der Waals surface area contributed by atoms with Crippen LogP contribution in [-0.4, -0.2) is 36.2 Å². The van der Waals surface area contributed by atoms with Crippen LogP contribution in [0.1, 0.15) is 20.3 Å². The summed E-state index contributed by atoms with van der Waals surface area (Å²) in [5, 5.41) is 11.3. The predicted octanol–water partition coefficient (Wildman–Crippen LogP) is 1.34. The minimum atomic E-state index is 0.924. The highest BCUT2D eigenvalue weighted by atomic mass is 16.2. The van der Waals surface area contributed by atoms with Gasteiger partial charge in [-0.15, -0.1) is 0 Å². The summed E-state index contributed by atoms with van der Waals surface area (Å²) in [6.07, 6.45) is 3.70. The average Bonchev–Trinajstić information content (AvgIpc) is 2.11. The number of rotatable bonds is 7. The van der Waals surface area contributed by atoms with Crippen LogP contribution in [0, 0.1) is 0 Å². The van der Waals surface area contributed by atoms with E-state index in [2.05, 4.69) is 24.1 Å². The average molecular weight is 172 g/mol. The number of hydrogen-bond donors (Lipinski definition) is 2. The zero-order valence-electron chi connectivity index (χ0n) is 8.08. The van der Waals surface area contributed by atoms with E-state index in [1.165, 1.54) is 0 Å².